The van der Waals surface area contributed by atoms with Crippen LogP contribution in [-0.4, -0.2) is 83.2 Å². The Labute approximate surface area is 148 Å². The Bertz CT molecular complexity index is 18.5. The molecular formula is H4CaSrTi2Zn. The number of rotatable bonds is 0. The summed E-state index contributed by atoms with van der Waals surface area (Å²) < 4.78 is 0. The average molecular weight is 293 g/mol. The van der Waals surface area contributed by atoms with E-state index in [4.69, 9.17) is 0 Å². The fraction of sp³-hybridized carbons (Fsp3) is 0. The molecule has 5 heavy (non-hydrogen) atoms. The summed E-state index contributed by atoms with van der Waals surface area (Å²) in [6.07, 6.45) is 0. The van der Waals surface area contributed by atoms with Gasteiger partial charge in [-0.15, -0.1) is 0 Å². The van der Waals surface area contributed by atoms with Crippen LogP contribution in [0, 0.1) is 0 Å². The second-order valence-electron chi connectivity index (χ2n) is 0. The van der Waals surface area contributed by atoms with Crippen molar-refractivity contribution in [1.29, 1.82) is 0 Å². The molecule has 0 aliphatic heterocycles. The van der Waals surface area contributed by atoms with E-state index in [0.29, 0.717) is 0 Å². The van der Waals surface area contributed by atoms with Crippen molar-refractivity contribution in [1.82, 2.24) is 0 Å². The van der Waals surface area contributed by atoms with Crippen LogP contribution in [0.2, 0.25) is 0 Å². The Balaban J connectivity index is 0. The molecule has 0 saturated heterocycles. The van der Waals surface area contributed by atoms with Gasteiger partial charge < -0.3 is 5.71 Å². The standard InChI is InChI=1S/Ca.Sr.2Ti.Zn.4H/q2*+2;;;;4*-1. The van der Waals surface area contributed by atoms with Gasteiger partial charge in [0.15, 0.2) is 0 Å². The molecule has 0 saturated carbocycles. The van der Waals surface area contributed by atoms with Crippen LogP contribution in [0.3, 0.4) is 0 Å². The fourth-order valence-corrected chi connectivity index (χ4v) is 0. The predicted molar refractivity (Wildman–Crippen MR) is 16.0 cm³/mol. The number of hydrogen-bond acceptors (Lipinski definition) is 0. The van der Waals surface area contributed by atoms with Crippen LogP contribution in [-0.2, 0) is 62.9 Å². The third-order valence-electron chi connectivity index (χ3n) is 0. The van der Waals surface area contributed by atoms with E-state index < -0.39 is 0 Å². The smallest absolute Gasteiger partial charge is 1.00 e. The van der Waals surface area contributed by atoms with Gasteiger partial charge in [-0.05, 0) is 0 Å². The molecule has 0 aromatic carbocycles. The molecule has 0 radical (unpaired) electrons. The van der Waals surface area contributed by atoms with Crippen molar-refractivity contribution in [3.05, 3.63) is 0 Å². The summed E-state index contributed by atoms with van der Waals surface area (Å²) in [6.45, 7) is 0. The summed E-state index contributed by atoms with van der Waals surface area (Å²) in [7, 11) is 0. The van der Waals surface area contributed by atoms with Gasteiger partial charge in [-0.3, -0.25) is 0 Å². The Morgan fingerprint density at radius 2 is 1.00 bits per heavy atom. The van der Waals surface area contributed by atoms with Gasteiger partial charge in [-0.1, -0.05) is 0 Å². The molecule has 0 heterocycles. The Morgan fingerprint density at radius 1 is 1.00 bits per heavy atom. The molecule has 0 aromatic rings. The van der Waals surface area contributed by atoms with Crippen molar-refractivity contribution >= 4 is 83.2 Å². The third kappa shape index (κ3) is 17.7. The van der Waals surface area contributed by atoms with E-state index in [0.717, 1.165) is 0 Å². The molecule has 0 rings (SSSR count). The first kappa shape index (κ1) is 33.0. The van der Waals surface area contributed by atoms with Crippen molar-refractivity contribution in [3.63, 3.8) is 0 Å². The summed E-state index contributed by atoms with van der Waals surface area (Å²) in [5.74, 6) is 0. The maximum atomic E-state index is 0. The zero-order valence-corrected chi connectivity index (χ0v) is 14.9. The summed E-state index contributed by atoms with van der Waals surface area (Å²) in [5, 5.41) is 0. The molecule has 0 aliphatic rings. The van der Waals surface area contributed by atoms with Crippen LogP contribution < -0.4 is 0 Å². The van der Waals surface area contributed by atoms with E-state index >= 15 is 0 Å². The van der Waals surface area contributed by atoms with Gasteiger partial charge in [0, 0.05) is 62.9 Å². The first-order chi connectivity index (χ1) is 0. The van der Waals surface area contributed by atoms with E-state index in [2.05, 4.69) is 0 Å². The SMILES string of the molecule is [Ca+2].[H-].[H-].[H-].[H-].[Sr+2].[Ti].[Ti].[Zn]. The van der Waals surface area contributed by atoms with Gasteiger partial charge in [0.1, 0.15) is 0 Å². The van der Waals surface area contributed by atoms with E-state index in [1.165, 1.54) is 0 Å². The summed E-state index contributed by atoms with van der Waals surface area (Å²) in [6, 6.07) is 0. The molecule has 0 aliphatic carbocycles. The normalized spacial score (nSPS) is 0. The first-order valence-electron chi connectivity index (χ1n) is 0. The minimum Gasteiger partial charge on any atom is -1.00 e. The van der Waals surface area contributed by atoms with Gasteiger partial charge in [0.25, 0.3) is 0 Å². The van der Waals surface area contributed by atoms with Crippen molar-refractivity contribution in [2.45, 2.75) is 0 Å². The molecule has 0 unspecified atom stereocenters. The Morgan fingerprint density at radius 3 is 1.00 bits per heavy atom. The molecule has 0 nitrogen and oxygen atoms in total. The minimum atomic E-state index is 0. The van der Waals surface area contributed by atoms with E-state index in [1.54, 1.807) is 0 Å². The van der Waals surface area contributed by atoms with Crippen molar-refractivity contribution in [2.24, 2.45) is 0 Å². The van der Waals surface area contributed by atoms with Gasteiger partial charge in [0.2, 0.25) is 0 Å². The Kier molecular flexibility index (Phi) is 153. The monoisotopic (exact) mass is 292 g/mol. The maximum Gasteiger partial charge on any atom is 2.00 e. The molecule has 0 spiro atoms. The van der Waals surface area contributed by atoms with Crippen LogP contribution in [0.1, 0.15) is 5.71 Å². The summed E-state index contributed by atoms with van der Waals surface area (Å²) >= 11 is 0. The Hall–Kier alpha value is 4.79. The molecule has 0 aromatic heterocycles. The molecule has 0 atom stereocenters. The van der Waals surface area contributed by atoms with Crippen LogP contribution in [0.25, 0.3) is 0 Å². The first-order valence-corrected chi connectivity index (χ1v) is 0. The van der Waals surface area contributed by atoms with Crippen LogP contribution in [0.15, 0.2) is 0 Å². The van der Waals surface area contributed by atoms with Crippen LogP contribution >= 0.6 is 0 Å². The molecule has 0 N–H and O–H groups in total. The zero-order valence-electron chi connectivity index (χ0n) is 7.12. The minimum absolute atomic E-state index is 0. The fourth-order valence-electron chi connectivity index (χ4n) is 0. The predicted octanol–water partition coefficient (Wildman–Crippen LogP) is -0.319. The van der Waals surface area contributed by atoms with Crippen molar-refractivity contribution < 1.29 is 68.6 Å². The average Bonchev–Trinajstić information content (AvgIpc) is 0. The van der Waals surface area contributed by atoms with E-state index in [9.17, 15) is 0 Å². The molecule has 0 bridgehead atoms. The summed E-state index contributed by atoms with van der Waals surface area (Å²) in [5.41, 5.74) is 0. The topological polar surface area (TPSA) is 0 Å². The molecule has 0 fully saturated rings. The van der Waals surface area contributed by atoms with Crippen LogP contribution in [0.4, 0.5) is 0 Å². The molecule has 18 valence electrons. The van der Waals surface area contributed by atoms with Gasteiger partial charge in [-0.25, -0.2) is 0 Å². The molecule has 5 heteroatoms. The van der Waals surface area contributed by atoms with E-state index in [-0.39, 0.29) is 152 Å². The third-order valence-corrected chi connectivity index (χ3v) is 0. The molecule has 0 amide bonds. The van der Waals surface area contributed by atoms with Gasteiger partial charge >= 0.3 is 83.2 Å². The van der Waals surface area contributed by atoms with Gasteiger partial charge in [0.05, 0.1) is 0 Å². The maximum absolute atomic E-state index is 0. The molecular weight excluding hydrogens is 289 g/mol. The second kappa shape index (κ2) is 23.2. The van der Waals surface area contributed by atoms with Crippen molar-refractivity contribution in [2.75, 3.05) is 0 Å². The largest absolute Gasteiger partial charge is 2.00 e. The second-order valence-corrected chi connectivity index (χ2v) is 0. The quantitative estimate of drug-likeness (QED) is 0.537. The summed E-state index contributed by atoms with van der Waals surface area (Å²) in [4.78, 5) is 0. The zero-order chi connectivity index (χ0) is 0. The van der Waals surface area contributed by atoms with Crippen molar-refractivity contribution in [3.8, 4) is 0 Å². The number of hydrogen-bond donors (Lipinski definition) is 0. The van der Waals surface area contributed by atoms with E-state index in [1.807, 2.05) is 0 Å². The van der Waals surface area contributed by atoms with Gasteiger partial charge in [-0.2, -0.15) is 0 Å². The van der Waals surface area contributed by atoms with Crippen LogP contribution in [0.5, 0.6) is 0 Å².